The summed E-state index contributed by atoms with van der Waals surface area (Å²) in [5.41, 5.74) is 6.14. The van der Waals surface area contributed by atoms with Crippen molar-refractivity contribution in [2.24, 2.45) is 5.41 Å². The van der Waals surface area contributed by atoms with Crippen molar-refractivity contribution in [3.63, 3.8) is 0 Å². The topological polar surface area (TPSA) is 424 Å². The zero-order chi connectivity index (χ0) is 57.5. The molecule has 28 nitrogen and oxygen atoms in total. The van der Waals surface area contributed by atoms with Gasteiger partial charge in [-0.2, -0.15) is 8.62 Å². The van der Waals surface area contributed by atoms with Crippen LogP contribution in [0.1, 0.15) is 76.9 Å². The van der Waals surface area contributed by atoms with Crippen LogP contribution in [0, 0.1) is 27.4 Å². The number of carboxylic acid groups (broad SMARTS) is 1. The van der Waals surface area contributed by atoms with Crippen molar-refractivity contribution in [1.29, 1.82) is 0 Å². The Hall–Kier alpha value is -7.44. The fourth-order valence-electron chi connectivity index (χ4n) is 8.81. The third-order valence-corrected chi connectivity index (χ3v) is 15.9. The molecule has 0 bridgehead atoms. The molecule has 3 aromatic carbocycles. The third kappa shape index (κ3) is 13.0. The fraction of sp³-hybridized carbons (Fsp3) is 0.271. The third-order valence-electron chi connectivity index (χ3n) is 12.1. The molecule has 0 spiro atoms. The maximum Gasteiger partial charge on any atom is 0.490 e. The summed E-state index contributed by atoms with van der Waals surface area (Å²) >= 11 is 0. The molecular weight excluding hydrogens is 1110 g/mol. The van der Waals surface area contributed by atoms with E-state index in [4.69, 9.17) is 34.1 Å². The lowest BCUT2D eigenvalue weighted by Crippen LogP contribution is -2.26. The molecule has 2 unspecified atom stereocenters. The van der Waals surface area contributed by atoms with Crippen molar-refractivity contribution in [2.75, 3.05) is 26.0 Å². The standard InChI is InChI=1S/C48H47N6O22P3/c1-48(2,3)43(71-21-26-20-53(45-41(26)44(49)51-23-52-45)40-19-35(57)39(74-40)22-72-78(66,67)76-79(68,69)75-77(63,64)65)33-18-36(70-4)24(15-34(33)54(61)62)6-5-13-50-46(58)25-7-10-29(47(59)60)32(14-25)42-30-11-8-27(55)16-37(30)73-38-17-28(56)9-12-31(38)42/h7-12,14-18,20,23,35,39-40,43,55,57H,13,19,21-22H2,1-4H3,(H,50,58)(H,59,60)(H,66,67)(H,68,69)(H2,49,51,52)(H2,63,64,65)/t35-,39-,40-,43-/m1/s1. The fourth-order valence-corrected chi connectivity index (χ4v) is 11.8. The summed E-state index contributed by atoms with van der Waals surface area (Å²) in [7, 11) is -15.7. The van der Waals surface area contributed by atoms with Crippen LogP contribution in [0.3, 0.4) is 0 Å². The minimum atomic E-state index is -5.82. The molecule has 6 atom stereocenters. The van der Waals surface area contributed by atoms with Crippen LogP contribution in [-0.4, -0.2) is 98.7 Å². The summed E-state index contributed by atoms with van der Waals surface area (Å²) in [5, 5.41) is 47.4. The zero-order valence-electron chi connectivity index (χ0n) is 41.6. The van der Waals surface area contributed by atoms with Crippen LogP contribution in [0.4, 0.5) is 11.5 Å². The predicted molar refractivity (Wildman–Crippen MR) is 275 cm³/mol. The number of nitrogen functional groups attached to an aromatic ring is 1. The molecule has 31 heteroatoms. The van der Waals surface area contributed by atoms with E-state index >= 15 is 0 Å². The van der Waals surface area contributed by atoms with Gasteiger partial charge in [0, 0.05) is 58.5 Å². The minimum absolute atomic E-state index is 0.0143. The summed E-state index contributed by atoms with van der Waals surface area (Å²) in [6.45, 7) is 3.80. The Bertz CT molecular complexity index is 3820. The lowest BCUT2D eigenvalue weighted by Gasteiger charge is -2.31. The molecule has 5 aromatic rings. The van der Waals surface area contributed by atoms with E-state index in [2.05, 4.69) is 40.3 Å². The van der Waals surface area contributed by atoms with E-state index in [1.54, 1.807) is 20.8 Å². The Kier molecular flexibility index (Phi) is 16.3. The number of aliphatic hydroxyl groups is 1. The molecule has 1 amide bonds. The number of phosphoric ester groups is 1. The quantitative estimate of drug-likeness (QED) is 0.0150. The van der Waals surface area contributed by atoms with Crippen LogP contribution in [0.25, 0.3) is 44.5 Å². The van der Waals surface area contributed by atoms with Crippen LogP contribution in [0.2, 0.25) is 0 Å². The number of hydrogen-bond donors (Lipinski definition) is 9. The number of aromatic hydroxyl groups is 1. The highest BCUT2D eigenvalue weighted by molar-refractivity contribution is 7.66. The van der Waals surface area contributed by atoms with Crippen molar-refractivity contribution in [3.05, 3.63) is 127 Å². The maximum absolute atomic E-state index is 13.6. The van der Waals surface area contributed by atoms with E-state index in [-0.39, 0.29) is 92.5 Å². The first-order valence-electron chi connectivity index (χ1n) is 23.1. The first-order valence-corrected chi connectivity index (χ1v) is 27.6. The van der Waals surface area contributed by atoms with Gasteiger partial charge in [0.1, 0.15) is 53.0 Å². The van der Waals surface area contributed by atoms with Crippen molar-refractivity contribution < 1.29 is 94.9 Å². The zero-order valence-corrected chi connectivity index (χ0v) is 44.3. The molecule has 1 saturated heterocycles. The van der Waals surface area contributed by atoms with Gasteiger partial charge in [-0.25, -0.2) is 28.5 Å². The number of phosphoric acid groups is 3. The summed E-state index contributed by atoms with van der Waals surface area (Å²) in [5.74, 6) is 3.66. The number of ether oxygens (including phenoxy) is 3. The Morgan fingerprint density at radius 2 is 1.75 bits per heavy atom. The number of fused-ring (bicyclic) bond motifs is 3. The number of amides is 1. The number of rotatable bonds is 18. The summed E-state index contributed by atoms with van der Waals surface area (Å²) in [6, 6.07) is 14.7. The second-order valence-electron chi connectivity index (χ2n) is 18.6. The number of carboxylic acids is 1. The Labute approximate surface area is 445 Å². The molecule has 1 fully saturated rings. The number of aliphatic hydroxyl groups excluding tert-OH is 1. The summed E-state index contributed by atoms with van der Waals surface area (Å²) < 4.78 is 72.7. The normalized spacial score (nSPS) is 17.7. The number of nitro groups is 1. The van der Waals surface area contributed by atoms with Crippen LogP contribution >= 0.6 is 23.5 Å². The number of nitro benzene ring substituents is 1. The van der Waals surface area contributed by atoms with Gasteiger partial charge in [-0.3, -0.25) is 24.2 Å². The van der Waals surface area contributed by atoms with Crippen LogP contribution < -0.4 is 21.2 Å². The summed E-state index contributed by atoms with van der Waals surface area (Å²) in [6.07, 6.45) is -2.47. The molecular formula is C48H47N6O22P3. The lowest BCUT2D eigenvalue weighted by molar-refractivity contribution is -0.386. The number of anilines is 1. The SMILES string of the molecule is COc1cc([C@@H](OCc2cn([C@H]3C[C@@H](O)[C@@H](COP(=O)(O)OP(=O)(O)OP(=O)(O)O)O3)c3ncnc(N)c23)C(C)(C)C)c([N+](=O)[O-])cc1C#CCNC(=O)c1ccc(C(=O)O)c(-c2c3ccc(=O)cc-3oc3cc(O)ccc23)c1. The van der Waals surface area contributed by atoms with E-state index in [0.717, 1.165) is 6.33 Å². The average molecular weight is 1150 g/mol. The van der Waals surface area contributed by atoms with Crippen molar-refractivity contribution in [3.8, 4) is 45.8 Å². The molecule has 8 rings (SSSR count). The van der Waals surface area contributed by atoms with Gasteiger partial charge in [0.15, 0.2) is 5.43 Å². The van der Waals surface area contributed by atoms with Gasteiger partial charge < -0.3 is 69.1 Å². The molecule has 2 aromatic heterocycles. The highest BCUT2D eigenvalue weighted by Gasteiger charge is 2.43. The first kappa shape index (κ1) is 57.7. The van der Waals surface area contributed by atoms with Crippen molar-refractivity contribution in [1.82, 2.24) is 19.9 Å². The van der Waals surface area contributed by atoms with Gasteiger partial charge >= 0.3 is 29.4 Å². The number of hydrogen-bond acceptors (Lipinski definition) is 20. The molecule has 4 heterocycles. The number of nitrogens with two attached hydrogens (primary N) is 1. The second kappa shape index (κ2) is 22.4. The van der Waals surface area contributed by atoms with E-state index in [0.29, 0.717) is 22.1 Å². The predicted octanol–water partition coefficient (Wildman–Crippen LogP) is 6.29. The van der Waals surface area contributed by atoms with Gasteiger partial charge in [0.25, 0.3) is 11.6 Å². The van der Waals surface area contributed by atoms with Gasteiger partial charge in [0.05, 0.1) is 66.1 Å². The maximum atomic E-state index is 13.6. The molecule has 0 saturated carbocycles. The van der Waals surface area contributed by atoms with E-state index in [1.165, 1.54) is 84.6 Å². The Balaban J connectivity index is 1.01. The van der Waals surface area contributed by atoms with E-state index < -0.39 is 82.5 Å². The van der Waals surface area contributed by atoms with Gasteiger partial charge in [-0.05, 0) is 59.5 Å². The molecule has 10 N–H and O–H groups in total. The van der Waals surface area contributed by atoms with Gasteiger partial charge in [-0.1, -0.05) is 32.6 Å². The highest BCUT2D eigenvalue weighted by atomic mass is 31.3. The van der Waals surface area contributed by atoms with Crippen LogP contribution in [-0.2, 0) is 42.9 Å². The van der Waals surface area contributed by atoms with E-state index in [9.17, 15) is 63.3 Å². The number of benzene rings is 4. The van der Waals surface area contributed by atoms with Crippen LogP contribution in [0.15, 0.2) is 88.5 Å². The summed E-state index contributed by atoms with van der Waals surface area (Å²) in [4.78, 5) is 96.1. The van der Waals surface area contributed by atoms with Gasteiger partial charge in [-0.15, -0.1) is 0 Å². The smallest absolute Gasteiger partial charge is 0.490 e. The minimum Gasteiger partial charge on any atom is -0.508 e. The molecule has 79 heavy (non-hydrogen) atoms. The van der Waals surface area contributed by atoms with E-state index in [1.807, 2.05) is 0 Å². The molecule has 3 aliphatic rings. The molecule has 416 valence electrons. The van der Waals surface area contributed by atoms with Crippen molar-refractivity contribution >= 4 is 68.9 Å². The number of methoxy groups -OCH3 is 1. The number of carbonyl (C=O) groups is 2. The lowest BCUT2D eigenvalue weighted by atomic mass is 9.83. The first-order chi connectivity index (χ1) is 37.0. The number of aromatic nitrogens is 3. The number of phenolic OH excluding ortho intramolecular Hbond substituents is 1. The number of phenols is 1. The number of nitrogens with zero attached hydrogens (tertiary/aromatic N) is 4. The van der Waals surface area contributed by atoms with Crippen LogP contribution in [0.5, 0.6) is 11.5 Å². The Morgan fingerprint density at radius 1 is 1.00 bits per heavy atom. The molecule has 2 aliphatic heterocycles. The molecule has 0 radical (unpaired) electrons. The monoisotopic (exact) mass is 1150 g/mol. The number of aromatic carboxylic acids is 1. The second-order valence-corrected chi connectivity index (χ2v) is 23.0. The number of carbonyl (C=O) groups excluding carboxylic acids is 1. The van der Waals surface area contributed by atoms with Gasteiger partial charge in [0.2, 0.25) is 0 Å². The average Bonchev–Trinajstić information content (AvgIpc) is 4.04. The largest absolute Gasteiger partial charge is 0.508 e. The number of nitrogens with one attached hydrogen (secondary N) is 1. The Morgan fingerprint density at radius 3 is 2.43 bits per heavy atom. The molecule has 1 aliphatic carbocycles. The highest BCUT2D eigenvalue weighted by Crippen LogP contribution is 2.66. The van der Waals surface area contributed by atoms with Crippen molar-refractivity contribution in [2.45, 2.75) is 58.3 Å².